The van der Waals surface area contributed by atoms with Gasteiger partial charge in [0.25, 0.3) is 0 Å². The van der Waals surface area contributed by atoms with Crippen molar-refractivity contribution in [2.75, 3.05) is 5.75 Å². The molecule has 4 fully saturated rings. The zero-order chi connectivity index (χ0) is 20.6. The first-order valence-corrected chi connectivity index (χ1v) is 12.5. The maximum absolute atomic E-state index is 12.6. The van der Waals surface area contributed by atoms with Crippen molar-refractivity contribution in [2.24, 2.45) is 23.2 Å². The highest BCUT2D eigenvalue weighted by molar-refractivity contribution is 7.99. The van der Waals surface area contributed by atoms with Crippen molar-refractivity contribution in [3.63, 3.8) is 0 Å². The van der Waals surface area contributed by atoms with Gasteiger partial charge in [-0.25, -0.2) is 0 Å². The molecular formula is C22H30O5S2. The maximum atomic E-state index is 12.6. The van der Waals surface area contributed by atoms with Crippen LogP contribution in [0.4, 0.5) is 0 Å². The number of carbonyl (C=O) groups is 1. The van der Waals surface area contributed by atoms with Gasteiger partial charge in [-0.1, -0.05) is 0 Å². The Morgan fingerprint density at radius 1 is 1.14 bits per heavy atom. The van der Waals surface area contributed by atoms with Crippen LogP contribution in [0.1, 0.15) is 58.8 Å². The summed E-state index contributed by atoms with van der Waals surface area (Å²) in [5.74, 6) is 3.38. The van der Waals surface area contributed by atoms with E-state index in [4.69, 9.17) is 13.5 Å². The lowest BCUT2D eigenvalue weighted by Crippen LogP contribution is -2.57. The molecule has 1 unspecified atom stereocenters. The van der Waals surface area contributed by atoms with Gasteiger partial charge in [0.15, 0.2) is 0 Å². The third-order valence-corrected chi connectivity index (χ3v) is 8.60. The number of esters is 1. The summed E-state index contributed by atoms with van der Waals surface area (Å²) < 4.78 is 30.2. The minimum absolute atomic E-state index is 0.117. The molecule has 4 saturated carbocycles. The summed E-state index contributed by atoms with van der Waals surface area (Å²) in [5, 5.41) is 0. The molecule has 5 rings (SSSR count). The number of carbonyl (C=O) groups excluding carboxylic acids is 1. The lowest BCUT2D eigenvalue weighted by atomic mass is 9.46. The molecule has 1 atom stereocenters. The van der Waals surface area contributed by atoms with Gasteiger partial charge >= 0.3 is 17.3 Å². The summed E-state index contributed by atoms with van der Waals surface area (Å²) in [4.78, 5) is 13.6. The maximum Gasteiger partial charge on any atom is 0.357 e. The summed E-state index contributed by atoms with van der Waals surface area (Å²) in [6, 6.07) is 6.92. The number of ether oxygens (including phenoxy) is 1. The molecule has 0 heterocycles. The summed E-state index contributed by atoms with van der Waals surface area (Å²) in [6.45, 7) is 4.27. The second-order valence-corrected chi connectivity index (χ2v) is 11.3. The van der Waals surface area contributed by atoms with E-state index in [2.05, 4.69) is 13.8 Å². The van der Waals surface area contributed by atoms with Crippen LogP contribution in [-0.2, 0) is 20.9 Å². The SMILES string of the molecule is CC(C)(OC(=O)CCSc1ccc(OS(=O)O)cc1)C12CC3CC(CC(C3)C1)C2. The number of hydrogen-bond acceptors (Lipinski definition) is 5. The van der Waals surface area contributed by atoms with Gasteiger partial charge in [0.1, 0.15) is 11.4 Å². The molecule has 0 amide bonds. The van der Waals surface area contributed by atoms with Crippen molar-refractivity contribution in [2.45, 2.75) is 69.3 Å². The van der Waals surface area contributed by atoms with E-state index in [1.807, 2.05) is 12.1 Å². The third kappa shape index (κ3) is 4.67. The Labute approximate surface area is 179 Å². The molecule has 4 aliphatic rings. The smallest absolute Gasteiger partial charge is 0.357 e. The average molecular weight is 439 g/mol. The highest BCUT2D eigenvalue weighted by Gasteiger charge is 2.58. The van der Waals surface area contributed by atoms with Gasteiger partial charge in [-0.2, -0.15) is 4.21 Å². The zero-order valence-electron chi connectivity index (χ0n) is 17.1. The van der Waals surface area contributed by atoms with Crippen molar-refractivity contribution in [3.05, 3.63) is 24.3 Å². The minimum atomic E-state index is -2.32. The third-order valence-electron chi connectivity index (χ3n) is 7.25. The number of hydrogen-bond donors (Lipinski definition) is 1. The van der Waals surface area contributed by atoms with Crippen LogP contribution < -0.4 is 4.18 Å². The van der Waals surface area contributed by atoms with Gasteiger partial charge in [0, 0.05) is 16.1 Å². The van der Waals surface area contributed by atoms with E-state index in [0.717, 1.165) is 22.6 Å². The number of benzene rings is 1. The molecule has 0 saturated heterocycles. The second-order valence-electron chi connectivity index (χ2n) is 9.55. The molecule has 0 spiro atoms. The predicted octanol–water partition coefficient (Wildman–Crippen LogP) is 5.22. The molecule has 0 aromatic heterocycles. The van der Waals surface area contributed by atoms with E-state index >= 15 is 0 Å². The van der Waals surface area contributed by atoms with Crippen LogP contribution >= 0.6 is 11.8 Å². The van der Waals surface area contributed by atoms with Crippen molar-refractivity contribution < 1.29 is 22.5 Å². The van der Waals surface area contributed by atoms with E-state index in [1.165, 1.54) is 38.5 Å². The molecule has 29 heavy (non-hydrogen) atoms. The summed E-state index contributed by atoms with van der Waals surface area (Å²) >= 11 is -0.750. The minimum Gasteiger partial charge on any atom is -0.459 e. The van der Waals surface area contributed by atoms with Crippen molar-refractivity contribution >= 4 is 29.1 Å². The highest BCUT2D eigenvalue weighted by Crippen LogP contribution is 2.64. The zero-order valence-corrected chi connectivity index (χ0v) is 18.7. The molecule has 5 nitrogen and oxygen atoms in total. The Bertz CT molecular complexity index is 739. The van der Waals surface area contributed by atoms with Crippen molar-refractivity contribution in [3.8, 4) is 5.75 Å². The summed E-state index contributed by atoms with van der Waals surface area (Å²) in [6.07, 6.45) is 8.20. The molecule has 0 aliphatic heterocycles. The van der Waals surface area contributed by atoms with E-state index in [-0.39, 0.29) is 11.4 Å². The topological polar surface area (TPSA) is 72.8 Å². The molecule has 4 bridgehead atoms. The van der Waals surface area contributed by atoms with Crippen LogP contribution in [-0.4, -0.2) is 26.1 Å². The molecule has 1 N–H and O–H groups in total. The fraction of sp³-hybridized carbons (Fsp3) is 0.682. The standard InChI is InChI=1S/C22H30O5S2/c1-21(2,22-12-15-9-16(13-22)11-17(10-15)14-22)26-20(23)7-8-28-19-5-3-18(4-6-19)27-29(24)25/h3-6,15-17H,7-14H2,1-2H3,(H,24,25). The summed E-state index contributed by atoms with van der Waals surface area (Å²) in [5.41, 5.74) is -0.225. The summed E-state index contributed by atoms with van der Waals surface area (Å²) in [7, 11) is 0. The van der Waals surface area contributed by atoms with Gasteiger partial charge in [-0.15, -0.1) is 11.8 Å². The molecule has 4 aliphatic carbocycles. The lowest BCUT2D eigenvalue weighted by molar-refractivity contribution is -0.198. The Kier molecular flexibility index (Phi) is 6.02. The van der Waals surface area contributed by atoms with Crippen LogP contribution in [0.2, 0.25) is 0 Å². The molecule has 0 radical (unpaired) electrons. The van der Waals surface area contributed by atoms with Gasteiger partial charge in [-0.05, 0) is 94.4 Å². The van der Waals surface area contributed by atoms with E-state index in [0.29, 0.717) is 17.9 Å². The average Bonchev–Trinajstić information content (AvgIpc) is 2.61. The molecule has 160 valence electrons. The normalized spacial score (nSPS) is 31.5. The Hall–Kier alpha value is -1.05. The van der Waals surface area contributed by atoms with Crippen molar-refractivity contribution in [1.29, 1.82) is 0 Å². The van der Waals surface area contributed by atoms with E-state index in [9.17, 15) is 9.00 Å². The monoisotopic (exact) mass is 438 g/mol. The van der Waals surface area contributed by atoms with Crippen LogP contribution in [0.15, 0.2) is 29.2 Å². The highest BCUT2D eigenvalue weighted by atomic mass is 32.2. The van der Waals surface area contributed by atoms with Crippen LogP contribution in [0.25, 0.3) is 0 Å². The fourth-order valence-electron chi connectivity index (χ4n) is 6.22. The van der Waals surface area contributed by atoms with Gasteiger partial charge in [0.2, 0.25) is 0 Å². The van der Waals surface area contributed by atoms with Crippen LogP contribution in [0, 0.1) is 23.2 Å². The molecule has 1 aromatic carbocycles. The van der Waals surface area contributed by atoms with E-state index < -0.39 is 17.0 Å². The van der Waals surface area contributed by atoms with Gasteiger partial charge in [0.05, 0.1) is 6.42 Å². The second kappa shape index (κ2) is 8.23. The largest absolute Gasteiger partial charge is 0.459 e. The van der Waals surface area contributed by atoms with Crippen LogP contribution in [0.3, 0.4) is 0 Å². The van der Waals surface area contributed by atoms with Crippen molar-refractivity contribution in [1.82, 2.24) is 0 Å². The Morgan fingerprint density at radius 2 is 1.69 bits per heavy atom. The fourth-order valence-corrected chi connectivity index (χ4v) is 7.33. The Morgan fingerprint density at radius 3 is 2.21 bits per heavy atom. The van der Waals surface area contributed by atoms with Gasteiger partial charge < -0.3 is 8.92 Å². The quantitative estimate of drug-likeness (QED) is 0.341. The first-order chi connectivity index (χ1) is 13.7. The predicted molar refractivity (Wildman–Crippen MR) is 114 cm³/mol. The van der Waals surface area contributed by atoms with Gasteiger partial charge in [-0.3, -0.25) is 9.35 Å². The first-order valence-electron chi connectivity index (χ1n) is 10.5. The lowest BCUT2D eigenvalue weighted by Gasteiger charge is -2.61. The molecule has 7 heteroatoms. The van der Waals surface area contributed by atoms with E-state index in [1.54, 1.807) is 23.9 Å². The number of thioether (sulfide) groups is 1. The Balaban J connectivity index is 1.28. The first kappa shape index (κ1) is 21.2. The number of rotatable bonds is 8. The molecular weight excluding hydrogens is 408 g/mol. The molecule has 1 aromatic rings. The van der Waals surface area contributed by atoms with Crippen LogP contribution in [0.5, 0.6) is 5.75 Å².